The van der Waals surface area contributed by atoms with Gasteiger partial charge in [0.25, 0.3) is 0 Å². The summed E-state index contributed by atoms with van der Waals surface area (Å²) < 4.78 is 20.9. The summed E-state index contributed by atoms with van der Waals surface area (Å²) in [5.74, 6) is 1.19. The second-order valence-electron chi connectivity index (χ2n) is 9.86. The van der Waals surface area contributed by atoms with Crippen molar-refractivity contribution in [3.63, 3.8) is 0 Å². The summed E-state index contributed by atoms with van der Waals surface area (Å²) >= 11 is 0. The number of ether oxygens (including phenoxy) is 1. The number of pyridine rings is 1. The van der Waals surface area contributed by atoms with Gasteiger partial charge >= 0.3 is 0 Å². The molecule has 7 nitrogen and oxygen atoms in total. The van der Waals surface area contributed by atoms with Crippen molar-refractivity contribution in [3.8, 4) is 34.0 Å². The molecule has 4 heterocycles. The maximum Gasteiger partial charge on any atom is 0.213 e. The van der Waals surface area contributed by atoms with Crippen molar-refractivity contribution in [1.29, 1.82) is 0 Å². The maximum atomic E-state index is 15.7. The molecule has 2 aliphatic heterocycles. The van der Waals surface area contributed by atoms with Crippen LogP contribution in [0.25, 0.3) is 22.4 Å². The number of nitrogens with zero attached hydrogens (tertiary/aromatic N) is 5. The topological polar surface area (TPSA) is 74.6 Å². The molecule has 182 valence electrons. The predicted octanol–water partition coefficient (Wildman–Crippen LogP) is 4.49. The zero-order valence-electron chi connectivity index (χ0n) is 20.6. The van der Waals surface area contributed by atoms with E-state index in [4.69, 9.17) is 4.74 Å². The number of aromatic nitrogens is 3. The Balaban J connectivity index is 1.37. The van der Waals surface area contributed by atoms with Gasteiger partial charge < -0.3 is 14.7 Å². The molecule has 0 unspecified atom stereocenters. The number of hydrogen-bond donors (Lipinski definition) is 1. The highest BCUT2D eigenvalue weighted by Gasteiger charge is 2.57. The molecule has 1 fully saturated rings. The number of aromatic hydroxyl groups is 1. The van der Waals surface area contributed by atoms with Gasteiger partial charge in [0.05, 0.1) is 24.4 Å². The Labute approximate surface area is 204 Å². The molecular weight excluding hydrogens is 445 g/mol. The van der Waals surface area contributed by atoms with Crippen molar-refractivity contribution in [2.24, 2.45) is 0 Å². The average Bonchev–Trinajstić information content (AvgIpc) is 3.04. The number of benzene rings is 1. The van der Waals surface area contributed by atoms with Crippen LogP contribution in [0.5, 0.6) is 11.6 Å². The van der Waals surface area contributed by atoms with E-state index in [1.165, 1.54) is 0 Å². The number of alkyl halides is 1. The van der Waals surface area contributed by atoms with Crippen LogP contribution >= 0.6 is 0 Å². The number of phenols is 1. The summed E-state index contributed by atoms with van der Waals surface area (Å²) in [6.07, 6.45) is 5.35. The van der Waals surface area contributed by atoms with E-state index in [1.807, 2.05) is 68.4 Å². The predicted molar refractivity (Wildman–Crippen MR) is 134 cm³/mol. The monoisotopic (exact) mass is 475 g/mol. The first-order valence-electron chi connectivity index (χ1n) is 11.6. The number of fused-ring (bicyclic) bond motifs is 2. The van der Waals surface area contributed by atoms with Crippen LogP contribution in [0.3, 0.4) is 0 Å². The molecule has 4 atom stereocenters. The molecular formula is C27H30FN5O2. The van der Waals surface area contributed by atoms with E-state index in [9.17, 15) is 5.11 Å². The highest BCUT2D eigenvalue weighted by atomic mass is 19.1. The lowest BCUT2D eigenvalue weighted by Crippen LogP contribution is -2.66. The quantitative estimate of drug-likeness (QED) is 0.545. The number of methoxy groups -OCH3 is 1. The Kier molecular flexibility index (Phi) is 5.51. The zero-order valence-corrected chi connectivity index (χ0v) is 20.6. The van der Waals surface area contributed by atoms with E-state index < -0.39 is 11.7 Å². The third kappa shape index (κ3) is 3.72. The molecule has 0 spiro atoms. The molecule has 1 N–H and O–H groups in total. The van der Waals surface area contributed by atoms with Crippen LogP contribution in [0.4, 0.5) is 10.2 Å². The minimum atomic E-state index is -1.07. The number of likely N-dealkylation sites (N-methyl/N-ethyl adjacent to an activating group) is 1. The number of anilines is 1. The van der Waals surface area contributed by atoms with Gasteiger partial charge in [0.15, 0.2) is 5.82 Å². The van der Waals surface area contributed by atoms with Gasteiger partial charge in [0, 0.05) is 30.4 Å². The van der Waals surface area contributed by atoms with Gasteiger partial charge in [-0.3, -0.25) is 4.90 Å². The molecule has 3 aromatic rings. The lowest BCUT2D eigenvalue weighted by molar-refractivity contribution is -0.0216. The molecule has 5 rings (SSSR count). The highest BCUT2D eigenvalue weighted by molar-refractivity contribution is 5.74. The first-order valence-corrected chi connectivity index (χ1v) is 11.6. The van der Waals surface area contributed by atoms with Crippen molar-refractivity contribution in [2.75, 3.05) is 26.1 Å². The Morgan fingerprint density at radius 1 is 1.09 bits per heavy atom. The SMILES string of the molecule is COc1cc(-c2ccc(-c3ccc(N(C)[C@@H]4C[C@@]5(C)C=C[C@@](C)([C@@H]4F)N5C)nn3)c(O)c2)ccn1. The normalized spacial score (nSPS) is 27.7. The fourth-order valence-electron chi connectivity index (χ4n) is 5.31. The summed E-state index contributed by atoms with van der Waals surface area (Å²) in [6, 6.07) is 12.4. The first kappa shape index (κ1) is 23.2. The van der Waals surface area contributed by atoms with Crippen molar-refractivity contribution in [1.82, 2.24) is 20.1 Å². The van der Waals surface area contributed by atoms with Crippen LogP contribution in [-0.2, 0) is 0 Å². The van der Waals surface area contributed by atoms with Gasteiger partial charge in [-0.2, -0.15) is 0 Å². The number of phenolic OH excluding ortho intramolecular Hbond substituents is 1. The Hall–Kier alpha value is -3.52. The molecule has 1 saturated heterocycles. The van der Waals surface area contributed by atoms with E-state index in [1.54, 1.807) is 19.4 Å². The van der Waals surface area contributed by atoms with Crippen LogP contribution in [0.1, 0.15) is 20.3 Å². The van der Waals surface area contributed by atoms with Gasteiger partial charge in [-0.25, -0.2) is 9.37 Å². The molecule has 2 aromatic heterocycles. The fourth-order valence-corrected chi connectivity index (χ4v) is 5.31. The van der Waals surface area contributed by atoms with Crippen LogP contribution in [0.15, 0.2) is 60.8 Å². The molecule has 0 amide bonds. The van der Waals surface area contributed by atoms with Crippen LogP contribution in [0.2, 0.25) is 0 Å². The second-order valence-corrected chi connectivity index (χ2v) is 9.86. The van der Waals surface area contributed by atoms with Gasteiger partial charge in [-0.1, -0.05) is 18.2 Å². The zero-order chi connectivity index (χ0) is 25.0. The van der Waals surface area contributed by atoms with Crippen molar-refractivity contribution >= 4 is 5.82 Å². The fraction of sp³-hybridized carbons (Fsp3) is 0.370. The number of halogens is 1. The molecule has 0 aliphatic carbocycles. The Morgan fingerprint density at radius 3 is 2.54 bits per heavy atom. The van der Waals surface area contributed by atoms with E-state index in [0.29, 0.717) is 29.4 Å². The molecule has 8 heteroatoms. The van der Waals surface area contributed by atoms with Crippen LogP contribution < -0.4 is 9.64 Å². The molecule has 0 radical (unpaired) electrons. The highest BCUT2D eigenvalue weighted by Crippen LogP contribution is 2.47. The maximum absolute atomic E-state index is 15.7. The standard InChI is InChI=1S/C27H30FN5O2/c1-26-11-12-27(2,33(26)4)25(28)21(16-26)32(3)23-9-8-20(30-31-23)19-7-6-17(14-22(19)34)18-10-13-29-24(15-18)35-5/h6-15,21,25,34H,16H2,1-5H3/t21-,25-,26-,27+/m1/s1. The molecule has 2 aliphatic rings. The molecule has 0 saturated carbocycles. The van der Waals surface area contributed by atoms with E-state index in [2.05, 4.69) is 33.1 Å². The lowest BCUT2D eigenvalue weighted by Gasteiger charge is -2.53. The average molecular weight is 476 g/mol. The number of piperidine rings is 1. The van der Waals surface area contributed by atoms with Gasteiger partial charge in [0.1, 0.15) is 11.9 Å². The lowest BCUT2D eigenvalue weighted by atomic mass is 9.79. The summed E-state index contributed by atoms with van der Waals surface area (Å²) in [7, 11) is 5.42. The smallest absolute Gasteiger partial charge is 0.213 e. The minimum Gasteiger partial charge on any atom is -0.507 e. The molecule has 2 bridgehead atoms. The van der Waals surface area contributed by atoms with Crippen LogP contribution in [-0.4, -0.2) is 69.7 Å². The first-order chi connectivity index (χ1) is 16.7. The van der Waals surface area contributed by atoms with Crippen molar-refractivity contribution in [2.45, 2.75) is 43.6 Å². The van der Waals surface area contributed by atoms with Crippen molar-refractivity contribution < 1.29 is 14.2 Å². The molecule has 1 aromatic carbocycles. The van der Waals surface area contributed by atoms with E-state index >= 15 is 4.39 Å². The van der Waals surface area contributed by atoms with E-state index in [-0.39, 0.29) is 17.3 Å². The second kappa shape index (κ2) is 8.30. The number of rotatable bonds is 5. The van der Waals surface area contributed by atoms with Gasteiger partial charge in [-0.15, -0.1) is 10.2 Å². The van der Waals surface area contributed by atoms with Crippen LogP contribution in [0, 0.1) is 0 Å². The van der Waals surface area contributed by atoms with Gasteiger partial charge in [-0.05, 0) is 68.8 Å². The van der Waals surface area contributed by atoms with E-state index in [0.717, 1.165) is 11.1 Å². The summed E-state index contributed by atoms with van der Waals surface area (Å²) in [4.78, 5) is 8.13. The third-order valence-corrected chi connectivity index (χ3v) is 7.85. The minimum absolute atomic E-state index is 0.0938. The summed E-state index contributed by atoms with van der Waals surface area (Å²) in [5, 5.41) is 19.4. The third-order valence-electron chi connectivity index (χ3n) is 7.85. The largest absolute Gasteiger partial charge is 0.507 e. The Bertz CT molecular complexity index is 1280. The molecule has 35 heavy (non-hydrogen) atoms. The Morgan fingerprint density at radius 2 is 1.86 bits per heavy atom. The van der Waals surface area contributed by atoms with Crippen molar-refractivity contribution in [3.05, 3.63) is 60.8 Å². The summed E-state index contributed by atoms with van der Waals surface area (Å²) in [6.45, 7) is 4.09. The number of hydrogen-bond acceptors (Lipinski definition) is 7. The summed E-state index contributed by atoms with van der Waals surface area (Å²) in [5.41, 5.74) is 1.98. The van der Waals surface area contributed by atoms with Gasteiger partial charge in [0.2, 0.25) is 5.88 Å².